The SMILES string of the molecule is CCCC/C(N=Nc1nc2ccccc2s1)=N\Nc1ccccc1. The van der Waals surface area contributed by atoms with Crippen LogP contribution >= 0.6 is 11.3 Å². The number of unbranched alkanes of at least 4 members (excludes halogenated alkanes) is 1. The molecule has 1 heterocycles. The van der Waals surface area contributed by atoms with Crippen LogP contribution in [0.1, 0.15) is 26.2 Å². The molecule has 0 spiro atoms. The second-order valence-electron chi connectivity index (χ2n) is 5.27. The van der Waals surface area contributed by atoms with Crippen molar-refractivity contribution in [2.24, 2.45) is 15.3 Å². The number of rotatable bonds is 6. The molecule has 3 aromatic rings. The number of hydrogen-bond acceptors (Lipinski definition) is 5. The van der Waals surface area contributed by atoms with Gasteiger partial charge in [-0.3, -0.25) is 5.43 Å². The van der Waals surface area contributed by atoms with Gasteiger partial charge in [-0.15, -0.1) is 10.2 Å². The number of nitrogens with zero attached hydrogens (tertiary/aromatic N) is 4. The first-order valence-electron chi connectivity index (χ1n) is 8.00. The van der Waals surface area contributed by atoms with Crippen LogP contribution in [-0.2, 0) is 0 Å². The van der Waals surface area contributed by atoms with Crippen molar-refractivity contribution < 1.29 is 0 Å². The average Bonchev–Trinajstić information content (AvgIpc) is 3.05. The smallest absolute Gasteiger partial charge is 0.231 e. The van der Waals surface area contributed by atoms with Gasteiger partial charge in [0.2, 0.25) is 5.13 Å². The molecule has 6 heteroatoms. The molecule has 0 radical (unpaired) electrons. The quantitative estimate of drug-likeness (QED) is 0.260. The van der Waals surface area contributed by atoms with Crippen LogP contribution in [0.2, 0.25) is 0 Å². The predicted molar refractivity (Wildman–Crippen MR) is 101 cm³/mol. The highest BCUT2D eigenvalue weighted by molar-refractivity contribution is 7.21. The molecule has 0 aliphatic carbocycles. The van der Waals surface area contributed by atoms with Crippen molar-refractivity contribution in [2.75, 3.05) is 5.43 Å². The number of hydrazone groups is 1. The summed E-state index contributed by atoms with van der Waals surface area (Å²) >= 11 is 1.53. The van der Waals surface area contributed by atoms with Gasteiger partial charge in [-0.2, -0.15) is 5.10 Å². The Morgan fingerprint density at radius 1 is 1.08 bits per heavy atom. The fourth-order valence-electron chi connectivity index (χ4n) is 2.11. The third-order valence-electron chi connectivity index (χ3n) is 3.38. The zero-order valence-corrected chi connectivity index (χ0v) is 14.3. The molecule has 122 valence electrons. The molecule has 0 saturated heterocycles. The first kappa shape index (κ1) is 16.3. The van der Waals surface area contributed by atoms with E-state index >= 15 is 0 Å². The molecule has 24 heavy (non-hydrogen) atoms. The van der Waals surface area contributed by atoms with E-state index in [0.29, 0.717) is 11.0 Å². The third-order valence-corrected chi connectivity index (χ3v) is 4.30. The molecule has 0 saturated carbocycles. The number of thiazole rings is 1. The van der Waals surface area contributed by atoms with Gasteiger partial charge in [0.25, 0.3) is 0 Å². The highest BCUT2D eigenvalue weighted by Crippen LogP contribution is 2.27. The number of azo groups is 1. The van der Waals surface area contributed by atoms with Crippen LogP contribution in [0.25, 0.3) is 10.2 Å². The number of nitrogens with one attached hydrogen (secondary N) is 1. The summed E-state index contributed by atoms with van der Waals surface area (Å²) in [7, 11) is 0. The monoisotopic (exact) mass is 337 g/mol. The Labute approximate surface area is 145 Å². The van der Waals surface area contributed by atoms with E-state index in [0.717, 1.165) is 35.2 Å². The van der Waals surface area contributed by atoms with E-state index in [1.165, 1.54) is 11.3 Å². The van der Waals surface area contributed by atoms with Crippen molar-refractivity contribution in [1.29, 1.82) is 0 Å². The van der Waals surface area contributed by atoms with Gasteiger partial charge >= 0.3 is 0 Å². The maximum absolute atomic E-state index is 4.47. The number of anilines is 1. The third kappa shape index (κ3) is 4.45. The molecule has 0 amide bonds. The van der Waals surface area contributed by atoms with Crippen LogP contribution in [0.15, 0.2) is 69.9 Å². The lowest BCUT2D eigenvalue weighted by Gasteiger charge is -2.01. The van der Waals surface area contributed by atoms with Gasteiger partial charge in [0.05, 0.1) is 15.9 Å². The molecule has 0 atom stereocenters. The predicted octanol–water partition coefficient (Wildman–Crippen LogP) is 6.00. The van der Waals surface area contributed by atoms with Gasteiger partial charge in [0.15, 0.2) is 5.84 Å². The zero-order valence-electron chi connectivity index (χ0n) is 13.5. The first-order valence-corrected chi connectivity index (χ1v) is 8.82. The van der Waals surface area contributed by atoms with Crippen LogP contribution in [0.5, 0.6) is 0 Å². The van der Waals surface area contributed by atoms with Crippen LogP contribution < -0.4 is 5.43 Å². The fraction of sp³-hybridized carbons (Fsp3) is 0.222. The maximum Gasteiger partial charge on any atom is 0.231 e. The molecule has 0 aliphatic heterocycles. The molecule has 0 unspecified atom stereocenters. The standard InChI is InChI=1S/C18H19N5S/c1-2-3-13-17(21-20-14-9-5-4-6-10-14)22-23-18-19-15-11-7-8-12-16(15)24-18/h4-12,20H,2-3,13H2,1H3/b21-17+,23-22?. The summed E-state index contributed by atoms with van der Waals surface area (Å²) in [5.41, 5.74) is 4.92. The first-order chi connectivity index (χ1) is 11.8. The number of aromatic nitrogens is 1. The Morgan fingerprint density at radius 2 is 1.88 bits per heavy atom. The van der Waals surface area contributed by atoms with Gasteiger partial charge in [-0.1, -0.05) is 55.0 Å². The number of fused-ring (bicyclic) bond motifs is 1. The Balaban J connectivity index is 1.75. The molecular weight excluding hydrogens is 318 g/mol. The minimum absolute atomic E-state index is 0.653. The van der Waals surface area contributed by atoms with E-state index in [1.54, 1.807) is 0 Å². The number of amidine groups is 1. The van der Waals surface area contributed by atoms with Crippen molar-refractivity contribution in [3.05, 3.63) is 54.6 Å². The van der Waals surface area contributed by atoms with Crippen molar-refractivity contribution in [1.82, 2.24) is 4.98 Å². The minimum atomic E-state index is 0.653. The van der Waals surface area contributed by atoms with E-state index in [-0.39, 0.29) is 0 Å². The van der Waals surface area contributed by atoms with Crippen molar-refractivity contribution in [3.63, 3.8) is 0 Å². The molecule has 1 N–H and O–H groups in total. The Hall–Kier alpha value is -2.60. The van der Waals surface area contributed by atoms with Crippen molar-refractivity contribution in [2.45, 2.75) is 26.2 Å². The summed E-state index contributed by atoms with van der Waals surface area (Å²) in [6, 6.07) is 17.8. The summed E-state index contributed by atoms with van der Waals surface area (Å²) < 4.78 is 1.11. The second-order valence-corrected chi connectivity index (χ2v) is 6.28. The Morgan fingerprint density at radius 3 is 2.67 bits per heavy atom. The summed E-state index contributed by atoms with van der Waals surface area (Å²) in [5.74, 6) is 0.681. The molecule has 3 rings (SSSR count). The van der Waals surface area contributed by atoms with Gasteiger partial charge < -0.3 is 0 Å². The summed E-state index contributed by atoms with van der Waals surface area (Å²) in [5, 5.41) is 13.6. The summed E-state index contributed by atoms with van der Waals surface area (Å²) in [6.07, 6.45) is 2.89. The van der Waals surface area contributed by atoms with E-state index in [9.17, 15) is 0 Å². The van der Waals surface area contributed by atoms with Crippen molar-refractivity contribution >= 4 is 38.2 Å². The highest BCUT2D eigenvalue weighted by atomic mass is 32.1. The molecule has 0 bridgehead atoms. The molecular formula is C18H19N5S. The fourth-order valence-corrected chi connectivity index (χ4v) is 2.90. The van der Waals surface area contributed by atoms with Crippen LogP contribution in [0, 0.1) is 0 Å². The lowest BCUT2D eigenvalue weighted by molar-refractivity contribution is 0.826. The zero-order chi connectivity index (χ0) is 16.6. The van der Waals surface area contributed by atoms with E-state index in [1.807, 2.05) is 54.6 Å². The second kappa shape index (κ2) is 8.31. The molecule has 5 nitrogen and oxygen atoms in total. The number of hydrogen-bond donors (Lipinski definition) is 1. The van der Waals surface area contributed by atoms with E-state index < -0.39 is 0 Å². The van der Waals surface area contributed by atoms with Crippen molar-refractivity contribution in [3.8, 4) is 0 Å². The number of benzene rings is 2. The van der Waals surface area contributed by atoms with Crippen LogP contribution in [0.3, 0.4) is 0 Å². The Bertz CT molecular complexity index is 806. The normalized spacial score (nSPS) is 12.1. The van der Waals surface area contributed by atoms with Gasteiger partial charge in [0.1, 0.15) is 0 Å². The Kier molecular flexibility index (Phi) is 5.63. The summed E-state index contributed by atoms with van der Waals surface area (Å²) in [6.45, 7) is 2.15. The van der Waals surface area contributed by atoms with Crippen LogP contribution in [-0.4, -0.2) is 10.8 Å². The lowest BCUT2D eigenvalue weighted by atomic mass is 10.2. The van der Waals surface area contributed by atoms with Gasteiger partial charge in [0, 0.05) is 6.42 Å². The lowest BCUT2D eigenvalue weighted by Crippen LogP contribution is -1.99. The number of para-hydroxylation sites is 2. The topological polar surface area (TPSA) is 62.0 Å². The largest absolute Gasteiger partial charge is 0.277 e. The molecule has 0 fully saturated rings. The van der Waals surface area contributed by atoms with Gasteiger partial charge in [-0.25, -0.2) is 4.98 Å². The molecule has 1 aromatic heterocycles. The molecule has 0 aliphatic rings. The maximum atomic E-state index is 4.47. The minimum Gasteiger partial charge on any atom is -0.277 e. The van der Waals surface area contributed by atoms with E-state index in [4.69, 9.17) is 0 Å². The molecule has 2 aromatic carbocycles. The highest BCUT2D eigenvalue weighted by Gasteiger charge is 2.03. The average molecular weight is 337 g/mol. The van der Waals surface area contributed by atoms with Crippen LogP contribution in [0.4, 0.5) is 10.8 Å². The van der Waals surface area contributed by atoms with Gasteiger partial charge in [-0.05, 0) is 30.7 Å². The summed E-state index contributed by atoms with van der Waals surface area (Å²) in [4.78, 5) is 4.47. The van der Waals surface area contributed by atoms with E-state index in [2.05, 4.69) is 32.7 Å².